The Kier molecular flexibility index (Phi) is 10.9. The van der Waals surface area contributed by atoms with Crippen LogP contribution in [0.2, 0.25) is 0 Å². The molecule has 0 aliphatic rings. The Bertz CT molecular complexity index is 1400. The average Bonchev–Trinajstić information content (AvgIpc) is 2.98. The van der Waals surface area contributed by atoms with Crippen molar-refractivity contribution < 1.29 is 27.5 Å². The minimum atomic E-state index is -4.20. The van der Waals surface area contributed by atoms with E-state index in [1.807, 2.05) is 6.26 Å². The van der Waals surface area contributed by atoms with Crippen molar-refractivity contribution >= 4 is 39.3 Å². The first-order chi connectivity index (χ1) is 19.2. The summed E-state index contributed by atoms with van der Waals surface area (Å²) < 4.78 is 40.1. The maximum atomic E-state index is 14.0. The number of methoxy groups -OCH3 is 1. The number of nitrogens with zero attached hydrogens (tertiary/aromatic N) is 2. The van der Waals surface area contributed by atoms with Gasteiger partial charge in [-0.1, -0.05) is 24.3 Å². The number of anilines is 1. The second-order valence-corrected chi connectivity index (χ2v) is 11.5. The zero-order valence-corrected chi connectivity index (χ0v) is 24.9. The third-order valence-corrected chi connectivity index (χ3v) is 8.80. The highest BCUT2D eigenvalue weighted by Crippen LogP contribution is 2.33. The van der Waals surface area contributed by atoms with E-state index in [-0.39, 0.29) is 23.0 Å². The lowest BCUT2D eigenvalue weighted by Gasteiger charge is -2.32. The summed E-state index contributed by atoms with van der Waals surface area (Å²) in [6.07, 6.45) is 1.90. The molecule has 11 heteroatoms. The van der Waals surface area contributed by atoms with Gasteiger partial charge in [0.15, 0.2) is 0 Å². The highest BCUT2D eigenvalue weighted by atomic mass is 32.2. The molecule has 0 fully saturated rings. The number of hydrogen-bond acceptors (Lipinski definition) is 7. The Hall–Kier alpha value is -3.70. The number of carbonyl (C=O) groups is 2. The maximum absolute atomic E-state index is 14.0. The number of para-hydroxylation sites is 2. The van der Waals surface area contributed by atoms with Gasteiger partial charge in [-0.2, -0.15) is 0 Å². The summed E-state index contributed by atoms with van der Waals surface area (Å²) in [6, 6.07) is 19.4. The van der Waals surface area contributed by atoms with Gasteiger partial charge in [0.05, 0.1) is 24.3 Å². The first kappa shape index (κ1) is 30.8. The van der Waals surface area contributed by atoms with Gasteiger partial charge in [0.2, 0.25) is 11.8 Å². The lowest BCUT2D eigenvalue weighted by molar-refractivity contribution is -0.139. The van der Waals surface area contributed by atoms with Gasteiger partial charge in [-0.15, -0.1) is 11.8 Å². The van der Waals surface area contributed by atoms with Crippen molar-refractivity contribution in [1.29, 1.82) is 0 Å². The molecule has 40 heavy (non-hydrogen) atoms. The number of hydrogen-bond donors (Lipinski definition) is 1. The van der Waals surface area contributed by atoms with Crippen LogP contribution >= 0.6 is 11.8 Å². The SMILES string of the molecule is CCOc1ccccc1N(CC(=O)N(Cc1ccc(OC)cc1)[C@@H](C)C(=O)NC)S(=O)(=O)c1ccc(SC)cc1. The molecule has 0 aromatic heterocycles. The van der Waals surface area contributed by atoms with E-state index >= 15 is 0 Å². The maximum Gasteiger partial charge on any atom is 0.264 e. The number of sulfonamides is 1. The number of rotatable bonds is 13. The molecule has 3 rings (SSSR count). The predicted molar refractivity (Wildman–Crippen MR) is 157 cm³/mol. The van der Waals surface area contributed by atoms with Gasteiger partial charge in [-0.3, -0.25) is 13.9 Å². The number of amides is 2. The molecule has 0 bridgehead atoms. The van der Waals surface area contributed by atoms with Crippen molar-refractivity contribution in [1.82, 2.24) is 10.2 Å². The van der Waals surface area contributed by atoms with E-state index in [0.717, 1.165) is 14.8 Å². The molecule has 0 spiro atoms. The topological polar surface area (TPSA) is 105 Å². The van der Waals surface area contributed by atoms with Crippen molar-refractivity contribution in [3.8, 4) is 11.5 Å². The van der Waals surface area contributed by atoms with Gasteiger partial charge in [0.1, 0.15) is 24.1 Å². The van der Waals surface area contributed by atoms with Crippen molar-refractivity contribution in [3.63, 3.8) is 0 Å². The van der Waals surface area contributed by atoms with Crippen LogP contribution in [0.15, 0.2) is 82.6 Å². The summed E-state index contributed by atoms with van der Waals surface area (Å²) in [4.78, 5) is 28.9. The number of likely N-dealkylation sites (N-methyl/N-ethyl adjacent to an activating group) is 1. The molecule has 0 unspecified atom stereocenters. The van der Waals surface area contributed by atoms with Gasteiger partial charge in [0.25, 0.3) is 10.0 Å². The Balaban J connectivity index is 2.07. The fraction of sp³-hybridized carbons (Fsp3) is 0.310. The fourth-order valence-electron chi connectivity index (χ4n) is 4.05. The van der Waals surface area contributed by atoms with E-state index in [4.69, 9.17) is 9.47 Å². The Morgan fingerprint density at radius 1 is 1.00 bits per heavy atom. The minimum Gasteiger partial charge on any atom is -0.497 e. The summed E-state index contributed by atoms with van der Waals surface area (Å²) in [5, 5.41) is 2.58. The molecule has 214 valence electrons. The summed E-state index contributed by atoms with van der Waals surface area (Å²) in [7, 11) is -1.16. The van der Waals surface area contributed by atoms with Crippen LogP contribution < -0.4 is 19.1 Å². The second-order valence-electron chi connectivity index (χ2n) is 8.75. The molecule has 1 atom stereocenters. The summed E-state index contributed by atoms with van der Waals surface area (Å²) in [6.45, 7) is 3.24. The molecule has 0 saturated heterocycles. The average molecular weight is 586 g/mol. The van der Waals surface area contributed by atoms with E-state index in [1.165, 1.54) is 35.8 Å². The zero-order valence-electron chi connectivity index (χ0n) is 23.3. The normalized spacial score (nSPS) is 11.8. The molecule has 2 amide bonds. The molecule has 3 aromatic carbocycles. The first-order valence-electron chi connectivity index (χ1n) is 12.7. The molecular formula is C29H35N3O6S2. The van der Waals surface area contributed by atoms with Gasteiger partial charge < -0.3 is 19.7 Å². The zero-order chi connectivity index (χ0) is 29.3. The van der Waals surface area contributed by atoms with Crippen LogP contribution in [-0.4, -0.2) is 64.7 Å². The van der Waals surface area contributed by atoms with Crippen molar-refractivity contribution in [2.45, 2.75) is 36.2 Å². The number of nitrogens with one attached hydrogen (secondary N) is 1. The smallest absolute Gasteiger partial charge is 0.264 e. The number of thioether (sulfide) groups is 1. The van der Waals surface area contributed by atoms with E-state index in [9.17, 15) is 18.0 Å². The number of carbonyl (C=O) groups excluding carboxylic acids is 2. The van der Waals surface area contributed by atoms with Crippen LogP contribution in [-0.2, 0) is 26.2 Å². The van der Waals surface area contributed by atoms with Crippen LogP contribution in [0.4, 0.5) is 5.69 Å². The van der Waals surface area contributed by atoms with E-state index in [2.05, 4.69) is 5.32 Å². The molecule has 0 aliphatic heterocycles. The Labute approximate surface area is 240 Å². The third-order valence-electron chi connectivity index (χ3n) is 6.29. The molecule has 9 nitrogen and oxygen atoms in total. The van der Waals surface area contributed by atoms with Crippen molar-refractivity contribution in [3.05, 3.63) is 78.4 Å². The molecule has 3 aromatic rings. The Morgan fingerprint density at radius 3 is 2.23 bits per heavy atom. The first-order valence-corrected chi connectivity index (χ1v) is 15.3. The monoisotopic (exact) mass is 585 g/mol. The molecular weight excluding hydrogens is 550 g/mol. The molecule has 1 N–H and O–H groups in total. The van der Waals surface area contributed by atoms with Gasteiger partial charge in [-0.05, 0) is 74.2 Å². The van der Waals surface area contributed by atoms with Crippen LogP contribution in [0.1, 0.15) is 19.4 Å². The van der Waals surface area contributed by atoms with Gasteiger partial charge in [0, 0.05) is 18.5 Å². The molecule has 0 saturated carbocycles. The Morgan fingerprint density at radius 2 is 1.65 bits per heavy atom. The quantitative estimate of drug-likeness (QED) is 0.300. The lowest BCUT2D eigenvalue weighted by atomic mass is 10.1. The van der Waals surface area contributed by atoms with E-state index in [1.54, 1.807) is 81.6 Å². The highest BCUT2D eigenvalue weighted by molar-refractivity contribution is 7.98. The standard InChI is InChI=1S/C29H35N3O6S2/c1-6-38-27-10-8-7-9-26(27)32(40(35,36)25-17-15-24(39-5)16-18-25)20-28(33)31(21(2)29(34)30-3)19-22-11-13-23(37-4)14-12-22/h7-18,21H,6,19-20H2,1-5H3,(H,30,34)/t21-/m0/s1. The van der Waals surface area contributed by atoms with Crippen molar-refractivity contribution in [2.75, 3.05) is 37.9 Å². The third kappa shape index (κ3) is 7.28. The minimum absolute atomic E-state index is 0.0328. The largest absolute Gasteiger partial charge is 0.497 e. The summed E-state index contributed by atoms with van der Waals surface area (Å²) in [5.74, 6) is 0.0441. The summed E-state index contributed by atoms with van der Waals surface area (Å²) in [5.41, 5.74) is 0.977. The van der Waals surface area contributed by atoms with Crippen LogP contribution in [0.3, 0.4) is 0 Å². The molecule has 0 aliphatic carbocycles. The van der Waals surface area contributed by atoms with Crippen LogP contribution in [0.25, 0.3) is 0 Å². The predicted octanol–water partition coefficient (Wildman–Crippen LogP) is 4.17. The number of benzene rings is 3. The van der Waals surface area contributed by atoms with Gasteiger partial charge >= 0.3 is 0 Å². The lowest BCUT2D eigenvalue weighted by Crippen LogP contribution is -2.50. The van der Waals surface area contributed by atoms with E-state index in [0.29, 0.717) is 18.1 Å². The fourth-order valence-corrected chi connectivity index (χ4v) is 5.88. The molecule has 0 heterocycles. The van der Waals surface area contributed by atoms with Crippen LogP contribution in [0.5, 0.6) is 11.5 Å². The highest BCUT2D eigenvalue weighted by Gasteiger charge is 2.33. The summed E-state index contributed by atoms with van der Waals surface area (Å²) >= 11 is 1.49. The van der Waals surface area contributed by atoms with Crippen molar-refractivity contribution in [2.24, 2.45) is 0 Å². The van der Waals surface area contributed by atoms with Crippen LogP contribution in [0, 0.1) is 0 Å². The number of ether oxygens (including phenoxy) is 2. The molecule has 0 radical (unpaired) electrons. The second kappa shape index (κ2) is 14.1. The van der Waals surface area contributed by atoms with E-state index < -0.39 is 28.5 Å². The van der Waals surface area contributed by atoms with Gasteiger partial charge in [-0.25, -0.2) is 8.42 Å².